The third-order valence-corrected chi connectivity index (χ3v) is 10.4. The van der Waals surface area contributed by atoms with Crippen molar-refractivity contribution in [3.63, 3.8) is 0 Å². The van der Waals surface area contributed by atoms with Crippen LogP contribution in [0.15, 0.2) is 42.6 Å². The normalized spacial score (nSPS) is 25.0. The molecule has 234 valence electrons. The molecule has 2 atom stereocenters. The van der Waals surface area contributed by atoms with Crippen molar-refractivity contribution in [1.82, 2.24) is 19.9 Å². The standard InChI is InChI=1S/C35H37F2N5O3/c1-3-24-27(36)7-6-22-14-23(43)15-25(28(22)24)30-29(37)31-26(17-38-30)32(41-11-5-9-35(19-41)10-13-45-35)40-33(39-31)44-20-34-8-4-12-42(34)18-21(2)16-34/h6-7,14-15,17,43H,2-5,8-13,16,18-20H2,1H3. The zero-order valence-corrected chi connectivity index (χ0v) is 25.5. The van der Waals surface area contributed by atoms with E-state index in [0.717, 1.165) is 64.8 Å². The Balaban J connectivity index is 1.27. The van der Waals surface area contributed by atoms with E-state index in [2.05, 4.69) is 26.3 Å². The Hall–Kier alpha value is -3.89. The monoisotopic (exact) mass is 613 g/mol. The molecule has 2 aromatic carbocycles. The van der Waals surface area contributed by atoms with Gasteiger partial charge >= 0.3 is 6.01 Å². The third-order valence-electron chi connectivity index (χ3n) is 10.4. The number of piperidine rings is 1. The number of nitrogens with zero attached hydrogens (tertiary/aromatic N) is 5. The van der Waals surface area contributed by atoms with Crippen molar-refractivity contribution in [2.75, 3.05) is 44.3 Å². The van der Waals surface area contributed by atoms with E-state index < -0.39 is 5.82 Å². The molecule has 4 fully saturated rings. The van der Waals surface area contributed by atoms with Gasteiger partial charge in [0.05, 0.1) is 23.1 Å². The predicted molar refractivity (Wildman–Crippen MR) is 169 cm³/mol. The summed E-state index contributed by atoms with van der Waals surface area (Å²) in [7, 11) is 0. The van der Waals surface area contributed by atoms with Crippen molar-refractivity contribution in [2.45, 2.75) is 63.0 Å². The molecule has 8 rings (SSSR count). The van der Waals surface area contributed by atoms with E-state index in [1.165, 1.54) is 17.7 Å². The van der Waals surface area contributed by atoms with Gasteiger partial charge in [-0.2, -0.15) is 9.97 Å². The molecule has 0 bridgehead atoms. The summed E-state index contributed by atoms with van der Waals surface area (Å²) in [5, 5.41) is 12.2. The van der Waals surface area contributed by atoms with Crippen LogP contribution in [-0.2, 0) is 11.2 Å². The maximum atomic E-state index is 16.9. The predicted octanol–water partition coefficient (Wildman–Crippen LogP) is 6.32. The number of aryl methyl sites for hydroxylation is 1. The minimum Gasteiger partial charge on any atom is -0.508 e. The fourth-order valence-corrected chi connectivity index (χ4v) is 8.18. The Kier molecular flexibility index (Phi) is 6.73. The van der Waals surface area contributed by atoms with Gasteiger partial charge in [-0.3, -0.25) is 9.88 Å². The average Bonchev–Trinajstić information content (AvgIpc) is 3.55. The molecule has 2 aromatic heterocycles. The van der Waals surface area contributed by atoms with E-state index in [4.69, 9.17) is 14.5 Å². The first-order chi connectivity index (χ1) is 21.8. The molecule has 0 saturated carbocycles. The number of rotatable bonds is 6. The van der Waals surface area contributed by atoms with E-state index in [0.29, 0.717) is 52.7 Å². The molecule has 0 aliphatic carbocycles. The van der Waals surface area contributed by atoms with Gasteiger partial charge in [0.2, 0.25) is 0 Å². The summed E-state index contributed by atoms with van der Waals surface area (Å²) >= 11 is 0. The zero-order chi connectivity index (χ0) is 30.9. The first kappa shape index (κ1) is 28.6. The lowest BCUT2D eigenvalue weighted by Crippen LogP contribution is -2.56. The molecule has 4 aromatic rings. The summed E-state index contributed by atoms with van der Waals surface area (Å²) in [6.07, 6.45) is 7.84. The highest BCUT2D eigenvalue weighted by molar-refractivity contribution is 6.01. The minimum atomic E-state index is -0.666. The lowest BCUT2D eigenvalue weighted by Gasteiger charge is -2.48. The molecule has 4 aliphatic heterocycles. The molecule has 4 saturated heterocycles. The molecule has 0 radical (unpaired) electrons. The highest BCUT2D eigenvalue weighted by Crippen LogP contribution is 2.43. The summed E-state index contributed by atoms with van der Waals surface area (Å²) in [5.41, 5.74) is 1.66. The van der Waals surface area contributed by atoms with Crippen LogP contribution in [0, 0.1) is 11.6 Å². The number of pyridine rings is 1. The summed E-state index contributed by atoms with van der Waals surface area (Å²) in [4.78, 5) is 18.7. The Labute approximate surface area is 260 Å². The minimum absolute atomic E-state index is 0.00982. The van der Waals surface area contributed by atoms with Crippen LogP contribution in [0.2, 0.25) is 0 Å². The lowest BCUT2D eigenvalue weighted by atomic mass is 9.86. The first-order valence-corrected chi connectivity index (χ1v) is 16.0. The highest BCUT2D eigenvalue weighted by atomic mass is 19.1. The van der Waals surface area contributed by atoms with Gasteiger partial charge < -0.3 is 19.5 Å². The second-order valence-corrected chi connectivity index (χ2v) is 13.3. The van der Waals surface area contributed by atoms with Crippen LogP contribution in [0.3, 0.4) is 0 Å². The largest absolute Gasteiger partial charge is 0.508 e. The van der Waals surface area contributed by atoms with Crippen LogP contribution in [0.5, 0.6) is 11.8 Å². The van der Waals surface area contributed by atoms with Gasteiger partial charge in [-0.15, -0.1) is 0 Å². The number of halogens is 2. The Morgan fingerprint density at radius 2 is 1.96 bits per heavy atom. The van der Waals surface area contributed by atoms with Gasteiger partial charge in [0, 0.05) is 37.8 Å². The average molecular weight is 614 g/mol. The van der Waals surface area contributed by atoms with Gasteiger partial charge in [0.1, 0.15) is 35.2 Å². The van der Waals surface area contributed by atoms with E-state index in [9.17, 15) is 9.50 Å². The van der Waals surface area contributed by atoms with Gasteiger partial charge in [-0.1, -0.05) is 25.1 Å². The van der Waals surface area contributed by atoms with Crippen molar-refractivity contribution >= 4 is 27.5 Å². The molecular formula is C35H37F2N5O3. The number of aromatic nitrogens is 3. The number of phenolic OH excluding ortho intramolecular Hbond substituents is 1. The second-order valence-electron chi connectivity index (χ2n) is 13.3. The van der Waals surface area contributed by atoms with Gasteiger partial charge in [0.15, 0.2) is 5.82 Å². The molecule has 8 nitrogen and oxygen atoms in total. The molecule has 2 unspecified atom stereocenters. The molecule has 1 spiro atoms. The maximum Gasteiger partial charge on any atom is 0.319 e. The molecule has 45 heavy (non-hydrogen) atoms. The number of phenols is 1. The number of hydrogen-bond donors (Lipinski definition) is 1. The molecule has 1 N–H and O–H groups in total. The SMILES string of the molecule is C=C1CN2CCCC2(COc2nc(N3CCCC4(CCO4)C3)c3cnc(-c4cc(O)cc5ccc(F)c(CC)c45)c(F)c3n2)C1. The second kappa shape index (κ2) is 10.6. The summed E-state index contributed by atoms with van der Waals surface area (Å²) in [5.74, 6) is -0.538. The van der Waals surface area contributed by atoms with Crippen molar-refractivity contribution in [2.24, 2.45) is 0 Å². The number of anilines is 1. The summed E-state index contributed by atoms with van der Waals surface area (Å²) in [6, 6.07) is 6.08. The smallest absolute Gasteiger partial charge is 0.319 e. The number of fused-ring (bicyclic) bond motifs is 3. The topological polar surface area (TPSA) is 83.8 Å². The van der Waals surface area contributed by atoms with Gasteiger partial charge in [-0.05, 0) is 79.6 Å². The van der Waals surface area contributed by atoms with E-state index >= 15 is 4.39 Å². The van der Waals surface area contributed by atoms with E-state index in [1.54, 1.807) is 18.3 Å². The highest BCUT2D eigenvalue weighted by Gasteiger charge is 2.47. The Bertz CT molecular complexity index is 1860. The van der Waals surface area contributed by atoms with Crippen molar-refractivity contribution in [3.8, 4) is 23.0 Å². The van der Waals surface area contributed by atoms with Crippen LogP contribution < -0.4 is 9.64 Å². The van der Waals surface area contributed by atoms with Crippen molar-refractivity contribution < 1.29 is 23.4 Å². The number of aromatic hydroxyl groups is 1. The summed E-state index contributed by atoms with van der Waals surface area (Å²) in [6.45, 7) is 10.5. The van der Waals surface area contributed by atoms with Crippen molar-refractivity contribution in [3.05, 3.63) is 59.8 Å². The van der Waals surface area contributed by atoms with Crippen LogP contribution in [0.4, 0.5) is 14.6 Å². The molecule has 4 aliphatic rings. The van der Waals surface area contributed by atoms with Crippen LogP contribution in [0.1, 0.15) is 51.0 Å². The quantitative estimate of drug-likeness (QED) is 0.253. The fourth-order valence-electron chi connectivity index (χ4n) is 8.18. The van der Waals surface area contributed by atoms with Gasteiger partial charge in [0.25, 0.3) is 0 Å². The number of ether oxygens (including phenoxy) is 2. The van der Waals surface area contributed by atoms with Crippen LogP contribution >= 0.6 is 0 Å². The maximum absolute atomic E-state index is 16.9. The molecular weight excluding hydrogens is 576 g/mol. The number of benzene rings is 2. The van der Waals surface area contributed by atoms with Crippen LogP contribution in [-0.4, -0.2) is 75.5 Å². The Morgan fingerprint density at radius 1 is 1.11 bits per heavy atom. The van der Waals surface area contributed by atoms with Crippen LogP contribution in [0.25, 0.3) is 32.9 Å². The fraction of sp³-hybridized carbons (Fsp3) is 0.457. The summed E-state index contributed by atoms with van der Waals surface area (Å²) < 4.78 is 44.2. The van der Waals surface area contributed by atoms with E-state index in [1.807, 2.05) is 6.92 Å². The Morgan fingerprint density at radius 3 is 2.76 bits per heavy atom. The van der Waals surface area contributed by atoms with Crippen molar-refractivity contribution in [1.29, 1.82) is 0 Å². The lowest BCUT2D eigenvalue weighted by molar-refractivity contribution is -0.151. The van der Waals surface area contributed by atoms with Gasteiger partial charge in [-0.25, -0.2) is 8.78 Å². The molecule has 6 heterocycles. The zero-order valence-electron chi connectivity index (χ0n) is 25.5. The third kappa shape index (κ3) is 4.63. The number of hydrogen-bond acceptors (Lipinski definition) is 8. The molecule has 10 heteroatoms. The molecule has 0 amide bonds. The van der Waals surface area contributed by atoms with E-state index in [-0.39, 0.29) is 39.9 Å². The first-order valence-electron chi connectivity index (χ1n) is 16.0.